The molecule has 0 aliphatic carbocycles. The number of hydrogen-bond donors (Lipinski definition) is 1. The Morgan fingerprint density at radius 3 is 2.61 bits per heavy atom. The minimum Gasteiger partial charge on any atom is -0.387 e. The lowest BCUT2D eigenvalue weighted by Crippen LogP contribution is -2.44. The molecule has 0 radical (unpaired) electrons. The Morgan fingerprint density at radius 1 is 1.11 bits per heavy atom. The lowest BCUT2D eigenvalue weighted by Gasteiger charge is -2.29. The zero-order valence-corrected chi connectivity index (χ0v) is 16.4. The van der Waals surface area contributed by atoms with Gasteiger partial charge in [0.05, 0.1) is 17.8 Å². The number of rotatable bonds is 6. The molecule has 146 valence electrons. The summed E-state index contributed by atoms with van der Waals surface area (Å²) in [6.45, 7) is 4.90. The lowest BCUT2D eigenvalue weighted by atomic mass is 10.0. The molecule has 4 rings (SSSR count). The van der Waals surface area contributed by atoms with Gasteiger partial charge in [0.1, 0.15) is 0 Å². The second-order valence-corrected chi connectivity index (χ2v) is 7.75. The summed E-state index contributed by atoms with van der Waals surface area (Å²) in [5, 5.41) is 23.3. The van der Waals surface area contributed by atoms with Crippen molar-refractivity contribution in [2.75, 3.05) is 31.6 Å². The molecule has 1 aliphatic rings. The maximum absolute atomic E-state index is 11.1. The first-order chi connectivity index (χ1) is 13.5. The molecule has 0 saturated carbocycles. The first-order valence-corrected chi connectivity index (χ1v) is 9.58. The van der Waals surface area contributed by atoms with Crippen molar-refractivity contribution >= 4 is 5.95 Å². The Labute approximate surface area is 165 Å². The van der Waals surface area contributed by atoms with Gasteiger partial charge < -0.3 is 10.0 Å². The molecule has 0 spiro atoms. The molecule has 7 nitrogen and oxygen atoms in total. The zero-order valence-electron chi connectivity index (χ0n) is 16.4. The fraction of sp³-hybridized carbons (Fsp3) is 0.381. The molecule has 1 aliphatic heterocycles. The second kappa shape index (κ2) is 7.69. The number of nitrogens with zero attached hydrogens (tertiary/aromatic N) is 6. The number of aryl methyl sites for hydroxylation is 1. The maximum atomic E-state index is 11.1. The molecule has 28 heavy (non-hydrogen) atoms. The van der Waals surface area contributed by atoms with Gasteiger partial charge in [0.25, 0.3) is 0 Å². The summed E-state index contributed by atoms with van der Waals surface area (Å²) in [5.74, 6) is 0.624. The van der Waals surface area contributed by atoms with Gasteiger partial charge in [0, 0.05) is 26.7 Å². The Morgan fingerprint density at radius 2 is 1.86 bits per heavy atom. The van der Waals surface area contributed by atoms with E-state index in [1.165, 1.54) is 11.1 Å². The largest absolute Gasteiger partial charge is 0.387 e. The van der Waals surface area contributed by atoms with Crippen molar-refractivity contribution in [3.63, 3.8) is 0 Å². The fourth-order valence-electron chi connectivity index (χ4n) is 3.83. The monoisotopic (exact) mass is 378 g/mol. The van der Waals surface area contributed by atoms with Crippen LogP contribution in [0.4, 0.5) is 5.95 Å². The topological polar surface area (TPSA) is 70.3 Å². The van der Waals surface area contributed by atoms with Crippen molar-refractivity contribution in [2.45, 2.75) is 25.5 Å². The third kappa shape index (κ3) is 4.05. The van der Waals surface area contributed by atoms with Gasteiger partial charge in [-0.05, 0) is 41.5 Å². The lowest BCUT2D eigenvalue weighted by molar-refractivity contribution is 0.0559. The normalized spacial score (nSPS) is 19.8. The van der Waals surface area contributed by atoms with Gasteiger partial charge in [-0.1, -0.05) is 53.1 Å². The van der Waals surface area contributed by atoms with Crippen molar-refractivity contribution in [1.82, 2.24) is 25.1 Å². The number of aromatic nitrogens is 4. The zero-order chi connectivity index (χ0) is 19.6. The molecule has 1 unspecified atom stereocenters. The van der Waals surface area contributed by atoms with E-state index in [2.05, 4.69) is 44.7 Å². The van der Waals surface area contributed by atoms with Crippen LogP contribution >= 0.6 is 0 Å². The predicted octanol–water partition coefficient (Wildman–Crippen LogP) is 2.04. The molecule has 1 N–H and O–H groups in total. The van der Waals surface area contributed by atoms with E-state index in [1.807, 2.05) is 49.2 Å². The number of β-amino-alcohol motifs (C(OH)–C–C–N with tert-alkyl or cyclic N) is 1. The van der Waals surface area contributed by atoms with E-state index in [4.69, 9.17) is 0 Å². The summed E-state index contributed by atoms with van der Waals surface area (Å²) in [5.41, 5.74) is 2.57. The molecule has 1 saturated heterocycles. The van der Waals surface area contributed by atoms with Crippen LogP contribution in [0, 0.1) is 6.92 Å². The molecule has 1 atom stereocenters. The molecule has 0 bridgehead atoms. The number of aliphatic hydroxyl groups is 1. The Kier molecular flexibility index (Phi) is 5.11. The first kappa shape index (κ1) is 18.6. The van der Waals surface area contributed by atoms with Crippen molar-refractivity contribution in [2.24, 2.45) is 0 Å². The van der Waals surface area contributed by atoms with E-state index in [0.29, 0.717) is 19.0 Å². The summed E-state index contributed by atoms with van der Waals surface area (Å²) in [6, 6.07) is 18.4. The van der Waals surface area contributed by atoms with Crippen molar-refractivity contribution < 1.29 is 5.11 Å². The molecule has 2 heterocycles. The first-order valence-electron chi connectivity index (χ1n) is 9.58. The average Bonchev–Trinajstić information content (AvgIpc) is 3.30. The third-order valence-corrected chi connectivity index (χ3v) is 5.26. The Bertz CT molecular complexity index is 910. The standard InChI is InChI=1S/C21H26N6O/c1-17-8-10-19(11-9-17)27-20(22-23-24-27)25(2)15-21(28)12-13-26(16-21)14-18-6-4-3-5-7-18/h3-11,28H,12-16H2,1-2H3. The minimum atomic E-state index is -0.784. The molecule has 2 aromatic carbocycles. The molecular weight excluding hydrogens is 352 g/mol. The smallest absolute Gasteiger partial charge is 0.250 e. The van der Waals surface area contributed by atoms with Gasteiger partial charge in [-0.15, -0.1) is 0 Å². The van der Waals surface area contributed by atoms with E-state index in [1.54, 1.807) is 4.68 Å². The third-order valence-electron chi connectivity index (χ3n) is 5.26. The summed E-state index contributed by atoms with van der Waals surface area (Å²) in [6.07, 6.45) is 0.732. The highest BCUT2D eigenvalue weighted by molar-refractivity contribution is 5.41. The SMILES string of the molecule is Cc1ccc(-n2nnnc2N(C)CC2(O)CCN(Cc3ccccc3)C2)cc1. The Hall–Kier alpha value is -2.77. The van der Waals surface area contributed by atoms with E-state index >= 15 is 0 Å². The maximum Gasteiger partial charge on any atom is 0.250 e. The van der Waals surface area contributed by atoms with Gasteiger partial charge in [0.15, 0.2) is 0 Å². The van der Waals surface area contributed by atoms with Crippen LogP contribution < -0.4 is 4.90 Å². The highest BCUT2D eigenvalue weighted by atomic mass is 16.3. The summed E-state index contributed by atoms with van der Waals surface area (Å²) < 4.78 is 1.71. The molecule has 1 aromatic heterocycles. The van der Waals surface area contributed by atoms with Gasteiger partial charge >= 0.3 is 0 Å². The molecule has 7 heteroatoms. The van der Waals surface area contributed by atoms with Gasteiger partial charge in [-0.2, -0.15) is 4.68 Å². The highest BCUT2D eigenvalue weighted by Gasteiger charge is 2.37. The highest BCUT2D eigenvalue weighted by Crippen LogP contribution is 2.25. The summed E-state index contributed by atoms with van der Waals surface area (Å²) in [4.78, 5) is 4.23. The van der Waals surface area contributed by atoms with Gasteiger partial charge in [-0.3, -0.25) is 4.90 Å². The van der Waals surface area contributed by atoms with Crippen LogP contribution in [-0.2, 0) is 6.54 Å². The molecule has 3 aromatic rings. The van der Waals surface area contributed by atoms with Crippen molar-refractivity contribution in [3.8, 4) is 5.69 Å². The second-order valence-electron chi connectivity index (χ2n) is 7.75. The van der Waals surface area contributed by atoms with Crippen LogP contribution in [-0.4, -0.2) is 62.5 Å². The van der Waals surface area contributed by atoms with Crippen LogP contribution in [0.5, 0.6) is 0 Å². The van der Waals surface area contributed by atoms with Crippen LogP contribution in [0.25, 0.3) is 5.69 Å². The molecule has 0 amide bonds. The van der Waals surface area contributed by atoms with E-state index in [9.17, 15) is 5.11 Å². The summed E-state index contributed by atoms with van der Waals surface area (Å²) in [7, 11) is 1.92. The van der Waals surface area contributed by atoms with Crippen LogP contribution in [0.2, 0.25) is 0 Å². The predicted molar refractivity (Wildman–Crippen MR) is 108 cm³/mol. The number of anilines is 1. The summed E-state index contributed by atoms with van der Waals surface area (Å²) >= 11 is 0. The molecular formula is C21H26N6O. The van der Waals surface area contributed by atoms with E-state index in [-0.39, 0.29) is 0 Å². The number of benzene rings is 2. The van der Waals surface area contributed by atoms with Gasteiger partial charge in [0.2, 0.25) is 5.95 Å². The van der Waals surface area contributed by atoms with E-state index in [0.717, 1.165) is 25.2 Å². The van der Waals surface area contributed by atoms with Crippen molar-refractivity contribution in [1.29, 1.82) is 0 Å². The molecule has 1 fully saturated rings. The van der Waals surface area contributed by atoms with Crippen LogP contribution in [0.1, 0.15) is 17.5 Å². The number of tetrazole rings is 1. The minimum absolute atomic E-state index is 0.477. The number of likely N-dealkylation sites (tertiary alicyclic amines) is 1. The van der Waals surface area contributed by atoms with E-state index < -0.39 is 5.60 Å². The van der Waals surface area contributed by atoms with Crippen LogP contribution in [0.3, 0.4) is 0 Å². The quantitative estimate of drug-likeness (QED) is 0.708. The number of likely N-dealkylation sites (N-methyl/N-ethyl adjacent to an activating group) is 1. The Balaban J connectivity index is 1.43. The van der Waals surface area contributed by atoms with Gasteiger partial charge in [-0.25, -0.2) is 0 Å². The average molecular weight is 378 g/mol. The van der Waals surface area contributed by atoms with Crippen LogP contribution in [0.15, 0.2) is 54.6 Å². The fourth-order valence-corrected chi connectivity index (χ4v) is 3.83. The van der Waals surface area contributed by atoms with Crippen molar-refractivity contribution in [3.05, 3.63) is 65.7 Å². The number of hydrogen-bond acceptors (Lipinski definition) is 6.